The minimum atomic E-state index is -4.72. The minimum Gasteiger partial charge on any atom is -0.406 e. The first kappa shape index (κ1) is 10.9. The van der Waals surface area contributed by atoms with Gasteiger partial charge in [-0.3, -0.25) is 4.79 Å². The van der Waals surface area contributed by atoms with Crippen molar-refractivity contribution in [2.24, 2.45) is 0 Å². The van der Waals surface area contributed by atoms with E-state index in [1.165, 1.54) is 12.1 Å². The lowest BCUT2D eigenvalue weighted by Crippen LogP contribution is -2.17. The molecule has 14 heavy (non-hydrogen) atoms. The highest BCUT2D eigenvalue weighted by molar-refractivity contribution is 7.97. The van der Waals surface area contributed by atoms with Crippen LogP contribution in [0.2, 0.25) is 0 Å². The van der Waals surface area contributed by atoms with Gasteiger partial charge in [-0.1, -0.05) is 0 Å². The molecule has 76 valence electrons. The summed E-state index contributed by atoms with van der Waals surface area (Å²) in [7, 11) is 0. The van der Waals surface area contributed by atoms with E-state index in [0.717, 1.165) is 12.1 Å². The summed E-state index contributed by atoms with van der Waals surface area (Å²) in [5.41, 5.74) is 0.211. The number of benzene rings is 1. The van der Waals surface area contributed by atoms with Gasteiger partial charge in [0.2, 0.25) is 5.12 Å². The Morgan fingerprint density at radius 3 is 2.07 bits per heavy atom. The maximum Gasteiger partial charge on any atom is 0.573 e. The zero-order valence-corrected chi connectivity index (χ0v) is 7.60. The molecule has 6 heteroatoms. The number of rotatable bonds is 2. The van der Waals surface area contributed by atoms with E-state index < -0.39 is 11.5 Å². The molecule has 2 nitrogen and oxygen atoms in total. The van der Waals surface area contributed by atoms with Crippen molar-refractivity contribution in [1.29, 1.82) is 0 Å². The summed E-state index contributed by atoms with van der Waals surface area (Å²) in [6, 6.07) is 4.51. The summed E-state index contributed by atoms with van der Waals surface area (Å²) >= 11 is 3.51. The van der Waals surface area contributed by atoms with E-state index in [1.807, 2.05) is 0 Å². The van der Waals surface area contributed by atoms with Crippen LogP contribution in [0.15, 0.2) is 24.3 Å². The van der Waals surface area contributed by atoms with Crippen molar-refractivity contribution in [1.82, 2.24) is 0 Å². The molecule has 1 rings (SSSR count). The van der Waals surface area contributed by atoms with Crippen LogP contribution in [0.1, 0.15) is 10.4 Å². The van der Waals surface area contributed by atoms with Crippen molar-refractivity contribution in [3.05, 3.63) is 29.8 Å². The lowest BCUT2D eigenvalue weighted by molar-refractivity contribution is -0.274. The Balaban J connectivity index is 2.79. The van der Waals surface area contributed by atoms with E-state index in [4.69, 9.17) is 0 Å². The molecule has 1 aromatic rings. The fourth-order valence-electron chi connectivity index (χ4n) is 0.799. The topological polar surface area (TPSA) is 26.3 Å². The van der Waals surface area contributed by atoms with E-state index >= 15 is 0 Å². The van der Waals surface area contributed by atoms with E-state index in [-0.39, 0.29) is 11.3 Å². The molecule has 0 bridgehead atoms. The molecule has 0 heterocycles. The van der Waals surface area contributed by atoms with Crippen LogP contribution in [0.3, 0.4) is 0 Å². The second kappa shape index (κ2) is 3.91. The lowest BCUT2D eigenvalue weighted by Gasteiger charge is -2.08. The van der Waals surface area contributed by atoms with Gasteiger partial charge >= 0.3 is 6.36 Å². The molecule has 0 aliphatic carbocycles. The molecule has 0 unspecified atom stereocenters. The number of hydrogen-bond acceptors (Lipinski definition) is 2. The van der Waals surface area contributed by atoms with Crippen molar-refractivity contribution < 1.29 is 22.7 Å². The van der Waals surface area contributed by atoms with Gasteiger partial charge in [0.1, 0.15) is 5.75 Å². The van der Waals surface area contributed by atoms with E-state index in [2.05, 4.69) is 17.4 Å². The smallest absolute Gasteiger partial charge is 0.406 e. The van der Waals surface area contributed by atoms with Crippen LogP contribution in [-0.2, 0) is 0 Å². The maximum atomic E-state index is 11.7. The highest BCUT2D eigenvalue weighted by atomic mass is 32.1. The van der Waals surface area contributed by atoms with Crippen molar-refractivity contribution in [3.63, 3.8) is 0 Å². The summed E-state index contributed by atoms with van der Waals surface area (Å²) in [6.45, 7) is 0. The molecule has 0 amide bonds. The van der Waals surface area contributed by atoms with Gasteiger partial charge in [-0.15, -0.1) is 25.8 Å². The Labute approximate surface area is 83.1 Å². The molecule has 0 aliphatic rings. The summed E-state index contributed by atoms with van der Waals surface area (Å²) in [5, 5.41) is -0.511. The van der Waals surface area contributed by atoms with Crippen LogP contribution in [0.4, 0.5) is 13.2 Å². The third kappa shape index (κ3) is 3.29. The standard InChI is InChI=1S/C8H5F3O2S/c9-8(10,11)13-6-3-1-5(2-4-6)7(12)14/h1-4H,(H,12,14). The van der Waals surface area contributed by atoms with Crippen LogP contribution in [-0.4, -0.2) is 11.5 Å². The largest absolute Gasteiger partial charge is 0.573 e. The quantitative estimate of drug-likeness (QED) is 0.778. The summed E-state index contributed by atoms with van der Waals surface area (Å²) < 4.78 is 38.7. The molecule has 0 N–H and O–H groups in total. The number of carbonyl (C=O) groups is 1. The summed E-state index contributed by atoms with van der Waals surface area (Å²) in [4.78, 5) is 10.6. The van der Waals surface area contributed by atoms with Gasteiger partial charge in [0.05, 0.1) is 0 Å². The minimum absolute atomic E-state index is 0.211. The zero-order valence-electron chi connectivity index (χ0n) is 6.71. The van der Waals surface area contributed by atoms with Gasteiger partial charge in [-0.05, 0) is 24.3 Å². The van der Waals surface area contributed by atoms with Crippen LogP contribution in [0, 0.1) is 0 Å². The Kier molecular flexibility index (Phi) is 3.05. The van der Waals surface area contributed by atoms with Crippen LogP contribution in [0.5, 0.6) is 5.75 Å². The van der Waals surface area contributed by atoms with Crippen molar-refractivity contribution in [2.45, 2.75) is 6.36 Å². The zero-order chi connectivity index (χ0) is 10.8. The molecular formula is C8H5F3O2S. The molecule has 0 aliphatic heterocycles. The number of carbonyl (C=O) groups excluding carboxylic acids is 1. The maximum absolute atomic E-state index is 11.7. The first-order valence-electron chi connectivity index (χ1n) is 3.47. The van der Waals surface area contributed by atoms with Gasteiger partial charge in [-0.25, -0.2) is 0 Å². The summed E-state index contributed by atoms with van der Waals surface area (Å²) in [5.74, 6) is -0.365. The third-order valence-corrected chi connectivity index (χ3v) is 1.59. The molecule has 0 aromatic heterocycles. The van der Waals surface area contributed by atoms with Crippen molar-refractivity contribution >= 4 is 17.7 Å². The Hall–Kier alpha value is -1.17. The first-order chi connectivity index (χ1) is 6.38. The molecular weight excluding hydrogens is 217 g/mol. The average Bonchev–Trinajstić information content (AvgIpc) is 2.02. The third-order valence-electron chi connectivity index (χ3n) is 1.33. The molecule has 0 atom stereocenters. The molecule has 0 spiro atoms. The Morgan fingerprint density at radius 2 is 1.71 bits per heavy atom. The SMILES string of the molecule is O=C(S)c1ccc(OC(F)(F)F)cc1. The van der Waals surface area contributed by atoms with Crippen molar-refractivity contribution in [3.8, 4) is 5.75 Å². The highest BCUT2D eigenvalue weighted by Gasteiger charge is 2.30. The van der Waals surface area contributed by atoms with Gasteiger partial charge in [0, 0.05) is 5.56 Å². The number of halogens is 3. The fraction of sp³-hybridized carbons (Fsp3) is 0.125. The predicted molar refractivity (Wildman–Crippen MR) is 46.4 cm³/mol. The number of hydrogen-bond donors (Lipinski definition) is 1. The first-order valence-corrected chi connectivity index (χ1v) is 3.92. The number of thiol groups is 1. The average molecular weight is 222 g/mol. The van der Waals surface area contributed by atoms with E-state index in [1.54, 1.807) is 0 Å². The van der Waals surface area contributed by atoms with E-state index in [0.29, 0.717) is 0 Å². The van der Waals surface area contributed by atoms with E-state index in [9.17, 15) is 18.0 Å². The molecule has 0 saturated heterocycles. The number of alkyl halides is 3. The molecule has 0 saturated carbocycles. The highest BCUT2D eigenvalue weighted by Crippen LogP contribution is 2.22. The van der Waals surface area contributed by atoms with Crippen LogP contribution >= 0.6 is 12.6 Å². The van der Waals surface area contributed by atoms with Gasteiger partial charge in [-0.2, -0.15) is 0 Å². The second-order valence-corrected chi connectivity index (χ2v) is 2.78. The lowest BCUT2D eigenvalue weighted by atomic mass is 10.2. The van der Waals surface area contributed by atoms with Crippen molar-refractivity contribution in [2.75, 3.05) is 0 Å². The fourth-order valence-corrected chi connectivity index (χ4v) is 0.948. The number of ether oxygens (including phenoxy) is 1. The Bertz CT molecular complexity index is 331. The van der Waals surface area contributed by atoms with Crippen LogP contribution in [0.25, 0.3) is 0 Å². The monoisotopic (exact) mass is 222 g/mol. The summed E-state index contributed by atoms with van der Waals surface area (Å²) in [6.07, 6.45) is -4.72. The molecule has 0 radical (unpaired) electrons. The normalized spacial score (nSPS) is 11.1. The molecule has 0 fully saturated rings. The Morgan fingerprint density at radius 1 is 1.21 bits per heavy atom. The van der Waals surface area contributed by atoms with Crippen LogP contribution < -0.4 is 4.74 Å². The van der Waals surface area contributed by atoms with Gasteiger partial charge < -0.3 is 4.74 Å². The van der Waals surface area contributed by atoms with Gasteiger partial charge in [0.25, 0.3) is 0 Å². The predicted octanol–water partition coefficient (Wildman–Crippen LogP) is 2.66. The molecule has 1 aromatic carbocycles. The van der Waals surface area contributed by atoms with Gasteiger partial charge in [0.15, 0.2) is 0 Å². The second-order valence-electron chi connectivity index (χ2n) is 2.38.